The number of nitrogens with zero attached hydrogens (tertiary/aromatic N) is 2. The van der Waals surface area contributed by atoms with E-state index in [0.29, 0.717) is 17.7 Å². The van der Waals surface area contributed by atoms with Gasteiger partial charge in [-0.1, -0.05) is 17.8 Å². The fourth-order valence-electron chi connectivity index (χ4n) is 1.41. The monoisotopic (exact) mass is 249 g/mol. The lowest BCUT2D eigenvalue weighted by molar-refractivity contribution is 0.466. The van der Waals surface area contributed by atoms with Gasteiger partial charge in [-0.2, -0.15) is 0 Å². The van der Waals surface area contributed by atoms with E-state index < -0.39 is 0 Å². The molecule has 90 valence electrons. The second-order valence-corrected chi connectivity index (χ2v) is 4.86. The molecule has 0 saturated carbocycles. The third kappa shape index (κ3) is 2.87. The van der Waals surface area contributed by atoms with Gasteiger partial charge in [0.05, 0.1) is 0 Å². The van der Waals surface area contributed by atoms with Crippen molar-refractivity contribution < 1.29 is 4.42 Å². The summed E-state index contributed by atoms with van der Waals surface area (Å²) in [5.74, 6) is 1.35. The number of thioether (sulfide) groups is 1. The summed E-state index contributed by atoms with van der Waals surface area (Å²) in [5.41, 5.74) is 8.85. The number of aromatic nitrogens is 2. The number of hydrogen-bond donors (Lipinski definition) is 1. The van der Waals surface area contributed by atoms with Gasteiger partial charge >= 0.3 is 0 Å². The molecule has 0 unspecified atom stereocenters. The fourth-order valence-corrected chi connectivity index (χ4v) is 1.93. The highest BCUT2D eigenvalue weighted by atomic mass is 32.2. The largest absolute Gasteiger partial charge is 0.411 e. The van der Waals surface area contributed by atoms with Crippen LogP contribution in [0.25, 0.3) is 11.5 Å². The van der Waals surface area contributed by atoms with Crippen LogP contribution >= 0.6 is 11.8 Å². The first-order valence-electron chi connectivity index (χ1n) is 5.44. The van der Waals surface area contributed by atoms with Crippen LogP contribution in [0.15, 0.2) is 27.8 Å². The maximum Gasteiger partial charge on any atom is 0.276 e. The number of nitrogens with two attached hydrogens (primary N) is 1. The van der Waals surface area contributed by atoms with Crippen LogP contribution in [0, 0.1) is 13.8 Å². The van der Waals surface area contributed by atoms with E-state index in [9.17, 15) is 0 Å². The van der Waals surface area contributed by atoms with E-state index in [0.717, 1.165) is 11.3 Å². The minimum absolute atomic E-state index is 0.563. The molecule has 2 rings (SSSR count). The first-order valence-corrected chi connectivity index (χ1v) is 6.43. The van der Waals surface area contributed by atoms with E-state index in [1.807, 2.05) is 6.07 Å². The Morgan fingerprint density at radius 3 is 2.76 bits per heavy atom. The van der Waals surface area contributed by atoms with E-state index in [1.165, 1.54) is 22.9 Å². The predicted octanol–water partition coefficient (Wildman–Crippen LogP) is 2.40. The summed E-state index contributed by atoms with van der Waals surface area (Å²) >= 11 is 1.48. The van der Waals surface area contributed by atoms with E-state index in [4.69, 9.17) is 10.2 Å². The Kier molecular flexibility index (Phi) is 3.81. The van der Waals surface area contributed by atoms with Crippen LogP contribution < -0.4 is 5.73 Å². The molecule has 0 aliphatic carbocycles. The quantitative estimate of drug-likeness (QED) is 0.843. The van der Waals surface area contributed by atoms with Gasteiger partial charge in [0.15, 0.2) is 0 Å². The molecule has 1 aromatic heterocycles. The average Bonchev–Trinajstić information content (AvgIpc) is 2.79. The molecule has 0 saturated heterocycles. The second-order valence-electron chi connectivity index (χ2n) is 3.81. The molecular weight excluding hydrogens is 234 g/mol. The van der Waals surface area contributed by atoms with Crippen molar-refractivity contribution in [3.8, 4) is 11.5 Å². The van der Waals surface area contributed by atoms with Crippen LogP contribution in [-0.4, -0.2) is 22.5 Å². The van der Waals surface area contributed by atoms with Crippen LogP contribution in [0.4, 0.5) is 0 Å². The Labute approximate surface area is 105 Å². The van der Waals surface area contributed by atoms with Crippen molar-refractivity contribution in [2.24, 2.45) is 5.73 Å². The van der Waals surface area contributed by atoms with Crippen molar-refractivity contribution >= 4 is 11.8 Å². The molecule has 0 spiro atoms. The summed E-state index contributed by atoms with van der Waals surface area (Å²) in [4.78, 5) is 0. The van der Waals surface area contributed by atoms with Crippen LogP contribution in [0.2, 0.25) is 0 Å². The number of benzene rings is 1. The number of hydrogen-bond acceptors (Lipinski definition) is 5. The molecule has 5 heteroatoms. The lowest BCUT2D eigenvalue weighted by atomic mass is 10.1. The van der Waals surface area contributed by atoms with Gasteiger partial charge in [-0.05, 0) is 37.1 Å². The predicted molar refractivity (Wildman–Crippen MR) is 69.0 cm³/mol. The van der Waals surface area contributed by atoms with Crippen molar-refractivity contribution in [1.82, 2.24) is 10.2 Å². The molecule has 0 radical (unpaired) electrons. The van der Waals surface area contributed by atoms with Crippen molar-refractivity contribution in [2.75, 3.05) is 12.3 Å². The molecule has 0 atom stereocenters. The smallest absolute Gasteiger partial charge is 0.276 e. The van der Waals surface area contributed by atoms with Crippen molar-refractivity contribution in [3.63, 3.8) is 0 Å². The molecular formula is C12H15N3OS. The summed E-state index contributed by atoms with van der Waals surface area (Å²) < 4.78 is 5.55. The summed E-state index contributed by atoms with van der Waals surface area (Å²) in [5, 5.41) is 8.58. The van der Waals surface area contributed by atoms with Crippen LogP contribution in [0.5, 0.6) is 0 Å². The molecule has 1 heterocycles. The Morgan fingerprint density at radius 1 is 1.24 bits per heavy atom. The van der Waals surface area contributed by atoms with Gasteiger partial charge in [0.2, 0.25) is 5.89 Å². The first-order chi connectivity index (χ1) is 8.20. The zero-order valence-electron chi connectivity index (χ0n) is 9.93. The van der Waals surface area contributed by atoms with Crippen molar-refractivity contribution in [1.29, 1.82) is 0 Å². The van der Waals surface area contributed by atoms with Crippen molar-refractivity contribution in [3.05, 3.63) is 29.3 Å². The number of aryl methyl sites for hydroxylation is 2. The molecule has 1 aromatic carbocycles. The average molecular weight is 249 g/mol. The molecule has 0 aliphatic heterocycles. The standard InChI is InChI=1S/C12H15N3OS/c1-8-3-4-10(7-9(8)2)11-14-15-12(16-11)17-6-5-13/h3-4,7H,5-6,13H2,1-2H3. The molecule has 2 aromatic rings. The summed E-state index contributed by atoms with van der Waals surface area (Å²) in [6.45, 7) is 4.75. The Balaban J connectivity index is 2.21. The van der Waals surface area contributed by atoms with Crippen molar-refractivity contribution in [2.45, 2.75) is 19.1 Å². The molecule has 0 bridgehead atoms. The second kappa shape index (κ2) is 5.33. The summed E-state index contributed by atoms with van der Waals surface area (Å²) in [6, 6.07) is 6.11. The summed E-state index contributed by atoms with van der Waals surface area (Å²) in [6.07, 6.45) is 0. The molecule has 0 fully saturated rings. The lowest BCUT2D eigenvalue weighted by Crippen LogP contribution is -2.00. The topological polar surface area (TPSA) is 64.9 Å². The molecule has 17 heavy (non-hydrogen) atoms. The third-order valence-corrected chi connectivity index (χ3v) is 3.36. The van der Waals surface area contributed by atoms with E-state index >= 15 is 0 Å². The molecule has 4 nitrogen and oxygen atoms in total. The highest BCUT2D eigenvalue weighted by Gasteiger charge is 2.09. The molecule has 0 aliphatic rings. The normalized spacial score (nSPS) is 10.8. The van der Waals surface area contributed by atoms with Gasteiger partial charge in [0.1, 0.15) is 0 Å². The van der Waals surface area contributed by atoms with E-state index in [2.05, 4.69) is 36.2 Å². The van der Waals surface area contributed by atoms with Crippen LogP contribution in [0.1, 0.15) is 11.1 Å². The Bertz CT molecular complexity index is 510. The van der Waals surface area contributed by atoms with E-state index in [1.54, 1.807) is 0 Å². The van der Waals surface area contributed by atoms with Gasteiger partial charge in [-0.25, -0.2) is 0 Å². The fraction of sp³-hybridized carbons (Fsp3) is 0.333. The Morgan fingerprint density at radius 2 is 2.06 bits per heavy atom. The van der Waals surface area contributed by atoms with Crippen LogP contribution in [-0.2, 0) is 0 Å². The van der Waals surface area contributed by atoms with E-state index in [-0.39, 0.29) is 0 Å². The van der Waals surface area contributed by atoms with Gasteiger partial charge in [0.25, 0.3) is 5.22 Å². The molecule has 0 amide bonds. The van der Waals surface area contributed by atoms with Gasteiger partial charge < -0.3 is 10.2 Å². The lowest BCUT2D eigenvalue weighted by Gasteiger charge is -2.00. The zero-order valence-corrected chi connectivity index (χ0v) is 10.8. The molecule has 2 N–H and O–H groups in total. The maximum absolute atomic E-state index is 5.55. The number of rotatable bonds is 4. The summed E-state index contributed by atoms with van der Waals surface area (Å²) in [7, 11) is 0. The van der Waals surface area contributed by atoms with Gasteiger partial charge in [0, 0.05) is 17.9 Å². The zero-order chi connectivity index (χ0) is 12.3. The minimum Gasteiger partial charge on any atom is -0.411 e. The third-order valence-electron chi connectivity index (χ3n) is 2.50. The highest BCUT2D eigenvalue weighted by Crippen LogP contribution is 2.24. The first kappa shape index (κ1) is 12.1. The van der Waals surface area contributed by atoms with Gasteiger partial charge in [-0.3, -0.25) is 0 Å². The maximum atomic E-state index is 5.55. The highest BCUT2D eigenvalue weighted by molar-refractivity contribution is 7.99. The Hall–Kier alpha value is -1.33. The SMILES string of the molecule is Cc1ccc(-c2nnc(SCCN)o2)cc1C. The van der Waals surface area contributed by atoms with Gasteiger partial charge in [-0.15, -0.1) is 10.2 Å². The van der Waals surface area contributed by atoms with Crippen LogP contribution in [0.3, 0.4) is 0 Å². The minimum atomic E-state index is 0.563.